The molecule has 1 saturated heterocycles. The third-order valence-corrected chi connectivity index (χ3v) is 4.98. The van der Waals surface area contributed by atoms with E-state index in [1.807, 2.05) is 24.3 Å². The highest BCUT2D eigenvalue weighted by atomic mass is 16.2. The van der Waals surface area contributed by atoms with Gasteiger partial charge in [0.1, 0.15) is 0 Å². The highest BCUT2D eigenvalue weighted by Gasteiger charge is 2.18. The van der Waals surface area contributed by atoms with Crippen LogP contribution >= 0.6 is 0 Å². The number of hydrogen-bond acceptors (Lipinski definition) is 3. The minimum atomic E-state index is 0.0772. The van der Waals surface area contributed by atoms with Crippen molar-refractivity contribution < 1.29 is 4.79 Å². The van der Waals surface area contributed by atoms with Crippen molar-refractivity contribution in [1.82, 2.24) is 9.80 Å². The summed E-state index contributed by atoms with van der Waals surface area (Å²) in [7, 11) is 0. The van der Waals surface area contributed by atoms with Gasteiger partial charge in [0.15, 0.2) is 0 Å². The number of nitrogens with one attached hydrogen (secondary N) is 1. The Morgan fingerprint density at radius 3 is 2.37 bits per heavy atom. The molecule has 27 heavy (non-hydrogen) atoms. The third kappa shape index (κ3) is 6.05. The van der Waals surface area contributed by atoms with Crippen LogP contribution in [0.5, 0.6) is 0 Å². The van der Waals surface area contributed by atoms with Crippen molar-refractivity contribution in [1.29, 1.82) is 0 Å². The maximum Gasteiger partial charge on any atom is 0.238 e. The first-order chi connectivity index (χ1) is 13.2. The van der Waals surface area contributed by atoms with Crippen molar-refractivity contribution in [3.8, 4) is 0 Å². The SMILES string of the molecule is CCc1ccccc1NC(=O)CN1CCN(CC=Cc2ccccc2)CC1. The number of amides is 1. The molecule has 0 atom stereocenters. The zero-order chi connectivity index (χ0) is 18.9. The molecule has 1 aliphatic heterocycles. The molecule has 0 radical (unpaired) electrons. The Morgan fingerprint density at radius 2 is 1.63 bits per heavy atom. The number of aryl methyl sites for hydroxylation is 1. The van der Waals surface area contributed by atoms with Gasteiger partial charge in [-0.1, -0.05) is 67.6 Å². The van der Waals surface area contributed by atoms with Crippen LogP contribution in [-0.4, -0.2) is 55.0 Å². The van der Waals surface area contributed by atoms with E-state index in [-0.39, 0.29) is 5.91 Å². The van der Waals surface area contributed by atoms with E-state index in [0.717, 1.165) is 44.8 Å². The number of hydrogen-bond donors (Lipinski definition) is 1. The molecule has 0 bridgehead atoms. The normalized spacial score (nSPS) is 15.9. The lowest BCUT2D eigenvalue weighted by atomic mass is 10.1. The molecule has 1 aliphatic rings. The number of anilines is 1. The second-order valence-corrected chi connectivity index (χ2v) is 6.95. The second kappa shape index (κ2) is 10.0. The van der Waals surface area contributed by atoms with E-state index in [1.54, 1.807) is 0 Å². The first-order valence-corrected chi connectivity index (χ1v) is 9.78. The molecule has 2 aromatic carbocycles. The number of piperazine rings is 1. The van der Waals surface area contributed by atoms with Gasteiger partial charge >= 0.3 is 0 Å². The first kappa shape index (κ1) is 19.3. The maximum atomic E-state index is 12.4. The Morgan fingerprint density at radius 1 is 0.963 bits per heavy atom. The molecule has 1 N–H and O–H groups in total. The van der Waals surface area contributed by atoms with Crippen LogP contribution in [0.2, 0.25) is 0 Å². The van der Waals surface area contributed by atoms with Crippen LogP contribution in [0.3, 0.4) is 0 Å². The summed E-state index contributed by atoms with van der Waals surface area (Å²) in [6.07, 6.45) is 5.32. The van der Waals surface area contributed by atoms with Crippen molar-refractivity contribution in [2.45, 2.75) is 13.3 Å². The molecular formula is C23H29N3O. The van der Waals surface area contributed by atoms with E-state index in [4.69, 9.17) is 0 Å². The molecule has 0 aromatic heterocycles. The molecule has 0 aliphatic carbocycles. The zero-order valence-corrected chi connectivity index (χ0v) is 16.1. The maximum absolute atomic E-state index is 12.4. The molecule has 0 spiro atoms. The molecule has 3 rings (SSSR count). The first-order valence-electron chi connectivity index (χ1n) is 9.78. The van der Waals surface area contributed by atoms with Gasteiger partial charge in [-0.2, -0.15) is 0 Å². The highest BCUT2D eigenvalue weighted by molar-refractivity contribution is 5.93. The summed E-state index contributed by atoms with van der Waals surface area (Å²) in [4.78, 5) is 17.0. The molecule has 142 valence electrons. The van der Waals surface area contributed by atoms with Crippen molar-refractivity contribution in [3.63, 3.8) is 0 Å². The Bertz CT molecular complexity index is 749. The van der Waals surface area contributed by atoms with Crippen molar-refractivity contribution in [3.05, 3.63) is 71.8 Å². The summed E-state index contributed by atoms with van der Waals surface area (Å²) in [5, 5.41) is 3.07. The standard InChI is InChI=1S/C23H29N3O/c1-2-21-12-6-7-13-22(21)24-23(27)19-26-17-15-25(16-18-26)14-8-11-20-9-4-3-5-10-20/h3-13H,2,14-19H2,1H3,(H,24,27). The quantitative estimate of drug-likeness (QED) is 0.818. The van der Waals surface area contributed by atoms with E-state index < -0.39 is 0 Å². The topological polar surface area (TPSA) is 35.6 Å². The Balaban J connectivity index is 1.40. The van der Waals surface area contributed by atoms with Crippen LogP contribution < -0.4 is 5.32 Å². The highest BCUT2D eigenvalue weighted by Crippen LogP contribution is 2.15. The fourth-order valence-electron chi connectivity index (χ4n) is 3.38. The Labute approximate surface area is 162 Å². The fourth-order valence-corrected chi connectivity index (χ4v) is 3.38. The molecule has 1 amide bonds. The average Bonchev–Trinajstić information content (AvgIpc) is 2.70. The van der Waals surface area contributed by atoms with Gasteiger partial charge in [-0.05, 0) is 23.6 Å². The number of carbonyl (C=O) groups is 1. The molecule has 0 unspecified atom stereocenters. The van der Waals surface area contributed by atoms with Gasteiger partial charge in [-0.3, -0.25) is 14.6 Å². The minimum Gasteiger partial charge on any atom is -0.325 e. The third-order valence-electron chi connectivity index (χ3n) is 4.98. The Kier molecular flexibility index (Phi) is 7.19. The van der Waals surface area contributed by atoms with E-state index in [2.05, 4.69) is 64.5 Å². The van der Waals surface area contributed by atoms with Crippen LogP contribution in [0.25, 0.3) is 6.08 Å². The number of rotatable bonds is 7. The average molecular weight is 364 g/mol. The van der Waals surface area contributed by atoms with Crippen LogP contribution in [0.1, 0.15) is 18.1 Å². The lowest BCUT2D eigenvalue weighted by Gasteiger charge is -2.33. The second-order valence-electron chi connectivity index (χ2n) is 6.95. The van der Waals surface area contributed by atoms with Crippen molar-refractivity contribution in [2.24, 2.45) is 0 Å². The number of benzene rings is 2. The van der Waals surface area contributed by atoms with Crippen LogP contribution in [0.15, 0.2) is 60.7 Å². The van der Waals surface area contributed by atoms with Gasteiger partial charge < -0.3 is 5.32 Å². The monoisotopic (exact) mass is 363 g/mol. The van der Waals surface area contributed by atoms with E-state index >= 15 is 0 Å². The van der Waals surface area contributed by atoms with Gasteiger partial charge in [0, 0.05) is 38.4 Å². The lowest BCUT2D eigenvalue weighted by molar-refractivity contribution is -0.117. The van der Waals surface area contributed by atoms with E-state index in [1.165, 1.54) is 11.1 Å². The summed E-state index contributed by atoms with van der Waals surface area (Å²) >= 11 is 0. The summed E-state index contributed by atoms with van der Waals surface area (Å²) in [6, 6.07) is 18.4. The molecule has 1 heterocycles. The summed E-state index contributed by atoms with van der Waals surface area (Å²) < 4.78 is 0. The summed E-state index contributed by atoms with van der Waals surface area (Å²) in [6.45, 7) is 7.39. The predicted molar refractivity (Wildman–Crippen MR) is 113 cm³/mol. The van der Waals surface area contributed by atoms with Gasteiger partial charge in [0.2, 0.25) is 5.91 Å². The smallest absolute Gasteiger partial charge is 0.238 e. The van der Waals surface area contributed by atoms with Gasteiger partial charge in [0.25, 0.3) is 0 Å². The van der Waals surface area contributed by atoms with Gasteiger partial charge in [0.05, 0.1) is 6.54 Å². The lowest BCUT2D eigenvalue weighted by Crippen LogP contribution is -2.48. The van der Waals surface area contributed by atoms with Crippen LogP contribution in [0.4, 0.5) is 5.69 Å². The largest absolute Gasteiger partial charge is 0.325 e. The zero-order valence-electron chi connectivity index (χ0n) is 16.1. The minimum absolute atomic E-state index is 0.0772. The molecule has 4 heteroatoms. The van der Waals surface area contributed by atoms with Gasteiger partial charge in [-0.25, -0.2) is 0 Å². The molecule has 0 saturated carbocycles. The van der Waals surface area contributed by atoms with E-state index in [0.29, 0.717) is 6.54 Å². The summed E-state index contributed by atoms with van der Waals surface area (Å²) in [5.41, 5.74) is 3.36. The number of para-hydroxylation sites is 1. The Hall–Kier alpha value is -2.43. The van der Waals surface area contributed by atoms with Crippen LogP contribution in [-0.2, 0) is 11.2 Å². The van der Waals surface area contributed by atoms with Crippen molar-refractivity contribution >= 4 is 17.7 Å². The molecule has 2 aromatic rings. The van der Waals surface area contributed by atoms with E-state index in [9.17, 15) is 4.79 Å². The fraction of sp³-hybridized carbons (Fsp3) is 0.348. The molecule has 4 nitrogen and oxygen atoms in total. The number of nitrogens with zero attached hydrogens (tertiary/aromatic N) is 2. The van der Waals surface area contributed by atoms with Gasteiger partial charge in [-0.15, -0.1) is 0 Å². The molecule has 1 fully saturated rings. The van der Waals surface area contributed by atoms with Crippen molar-refractivity contribution in [2.75, 3.05) is 44.6 Å². The van der Waals surface area contributed by atoms with Crippen LogP contribution in [0, 0.1) is 0 Å². The predicted octanol–water partition coefficient (Wildman–Crippen LogP) is 3.52. The summed E-state index contributed by atoms with van der Waals surface area (Å²) in [5.74, 6) is 0.0772. The molecular weight excluding hydrogens is 334 g/mol. The number of carbonyl (C=O) groups excluding carboxylic acids is 1.